The number of ether oxygens (including phenoxy) is 2. The van der Waals surface area contributed by atoms with Crippen LogP contribution in [0.25, 0.3) is 0 Å². The van der Waals surface area contributed by atoms with Crippen LogP contribution in [0, 0.1) is 0 Å². The molecule has 1 unspecified atom stereocenters. The number of hydrogen-bond acceptors (Lipinski definition) is 3. The van der Waals surface area contributed by atoms with Crippen LogP contribution in [0.2, 0.25) is 0 Å². The molecule has 0 aromatic carbocycles. The Labute approximate surface area is 58.1 Å². The molecule has 4 heteroatoms. The molecular weight excluding hydrogens is 136 g/mol. The van der Waals surface area contributed by atoms with Crippen LogP contribution in [0.1, 0.15) is 0 Å². The SMILES string of the molecule is O=C(O)C=COCC1CO1. The van der Waals surface area contributed by atoms with Crippen LogP contribution >= 0.6 is 0 Å². The highest BCUT2D eigenvalue weighted by molar-refractivity contribution is 5.79. The lowest BCUT2D eigenvalue weighted by atomic mass is 10.5. The van der Waals surface area contributed by atoms with E-state index in [4.69, 9.17) is 14.6 Å². The van der Waals surface area contributed by atoms with Crippen molar-refractivity contribution in [1.82, 2.24) is 0 Å². The van der Waals surface area contributed by atoms with Crippen molar-refractivity contribution in [2.24, 2.45) is 0 Å². The molecule has 0 spiro atoms. The van der Waals surface area contributed by atoms with E-state index < -0.39 is 5.97 Å². The second-order valence-electron chi connectivity index (χ2n) is 1.93. The average Bonchev–Trinajstić information content (AvgIpc) is 2.62. The Morgan fingerprint density at radius 1 is 1.90 bits per heavy atom. The van der Waals surface area contributed by atoms with E-state index in [0.29, 0.717) is 6.61 Å². The number of carboxylic acid groups (broad SMARTS) is 1. The average molecular weight is 144 g/mol. The van der Waals surface area contributed by atoms with Gasteiger partial charge in [-0.1, -0.05) is 0 Å². The van der Waals surface area contributed by atoms with Crippen LogP contribution in [-0.4, -0.2) is 30.4 Å². The first-order chi connectivity index (χ1) is 4.79. The van der Waals surface area contributed by atoms with E-state index in [9.17, 15) is 4.79 Å². The fourth-order valence-electron chi connectivity index (χ4n) is 0.433. The lowest BCUT2D eigenvalue weighted by Gasteiger charge is -1.92. The summed E-state index contributed by atoms with van der Waals surface area (Å²) in [7, 11) is 0. The summed E-state index contributed by atoms with van der Waals surface area (Å²) in [6.45, 7) is 1.17. The van der Waals surface area contributed by atoms with Gasteiger partial charge in [-0.2, -0.15) is 0 Å². The number of carboxylic acids is 1. The first-order valence-corrected chi connectivity index (χ1v) is 2.91. The van der Waals surface area contributed by atoms with Gasteiger partial charge in [0, 0.05) is 0 Å². The standard InChI is InChI=1S/C6H8O4/c7-6(8)1-2-9-3-5-4-10-5/h1-2,5H,3-4H2,(H,7,8). The minimum atomic E-state index is -1.00. The predicted molar refractivity (Wildman–Crippen MR) is 32.5 cm³/mol. The quantitative estimate of drug-likeness (QED) is 0.343. The van der Waals surface area contributed by atoms with E-state index in [-0.39, 0.29) is 6.10 Å². The van der Waals surface area contributed by atoms with E-state index in [1.807, 2.05) is 0 Å². The molecule has 1 heterocycles. The molecule has 0 aromatic rings. The first kappa shape index (κ1) is 7.08. The summed E-state index contributed by atoms with van der Waals surface area (Å²) in [5, 5.41) is 8.10. The molecule has 0 radical (unpaired) electrons. The van der Waals surface area contributed by atoms with Gasteiger partial charge in [-0.05, 0) is 0 Å². The molecule has 0 bridgehead atoms. The van der Waals surface area contributed by atoms with Crippen LogP contribution in [-0.2, 0) is 14.3 Å². The van der Waals surface area contributed by atoms with E-state index in [2.05, 4.69) is 0 Å². The van der Waals surface area contributed by atoms with Gasteiger partial charge in [0.25, 0.3) is 0 Å². The van der Waals surface area contributed by atoms with Crippen molar-refractivity contribution in [2.45, 2.75) is 6.10 Å². The van der Waals surface area contributed by atoms with Crippen molar-refractivity contribution in [2.75, 3.05) is 13.2 Å². The van der Waals surface area contributed by atoms with E-state index >= 15 is 0 Å². The minimum Gasteiger partial charge on any atom is -0.498 e. The van der Waals surface area contributed by atoms with Gasteiger partial charge < -0.3 is 14.6 Å². The van der Waals surface area contributed by atoms with Crippen molar-refractivity contribution >= 4 is 5.97 Å². The summed E-state index contributed by atoms with van der Waals surface area (Å²) in [5.41, 5.74) is 0. The van der Waals surface area contributed by atoms with Crippen LogP contribution < -0.4 is 0 Å². The lowest BCUT2D eigenvalue weighted by Crippen LogP contribution is -1.96. The van der Waals surface area contributed by atoms with Crippen LogP contribution in [0.5, 0.6) is 0 Å². The molecule has 1 rings (SSSR count). The fourth-order valence-corrected chi connectivity index (χ4v) is 0.433. The number of hydrogen-bond donors (Lipinski definition) is 1. The van der Waals surface area contributed by atoms with Crippen LogP contribution in [0.15, 0.2) is 12.3 Å². The summed E-state index contributed by atoms with van der Waals surface area (Å²) in [4.78, 5) is 9.86. The summed E-state index contributed by atoms with van der Waals surface area (Å²) in [6.07, 6.45) is 2.28. The third kappa shape index (κ3) is 3.09. The highest BCUT2D eigenvalue weighted by Crippen LogP contribution is 2.08. The normalized spacial score (nSPS) is 23.0. The molecule has 1 fully saturated rings. The van der Waals surface area contributed by atoms with Gasteiger partial charge in [0.2, 0.25) is 0 Å². The van der Waals surface area contributed by atoms with E-state index in [0.717, 1.165) is 18.9 Å². The molecule has 10 heavy (non-hydrogen) atoms. The summed E-state index contributed by atoms with van der Waals surface area (Å²) in [5.74, 6) is -1.00. The lowest BCUT2D eigenvalue weighted by molar-refractivity contribution is -0.131. The topological polar surface area (TPSA) is 59.1 Å². The van der Waals surface area contributed by atoms with Gasteiger partial charge in [-0.15, -0.1) is 0 Å². The molecular formula is C6H8O4. The van der Waals surface area contributed by atoms with Crippen molar-refractivity contribution in [3.63, 3.8) is 0 Å². The van der Waals surface area contributed by atoms with Gasteiger partial charge in [0.05, 0.1) is 18.9 Å². The van der Waals surface area contributed by atoms with Crippen LogP contribution in [0.4, 0.5) is 0 Å². The van der Waals surface area contributed by atoms with Gasteiger partial charge in [-0.25, -0.2) is 4.79 Å². The third-order valence-electron chi connectivity index (χ3n) is 0.991. The van der Waals surface area contributed by atoms with Gasteiger partial charge in [0.15, 0.2) is 0 Å². The maximum absolute atomic E-state index is 9.86. The van der Waals surface area contributed by atoms with Crippen molar-refractivity contribution in [3.05, 3.63) is 12.3 Å². The summed E-state index contributed by atoms with van der Waals surface area (Å²) < 4.78 is 9.59. The summed E-state index contributed by atoms with van der Waals surface area (Å²) in [6, 6.07) is 0. The predicted octanol–water partition coefficient (Wildman–Crippen LogP) is 0.0001000. The zero-order chi connectivity index (χ0) is 7.40. The number of epoxide rings is 1. The van der Waals surface area contributed by atoms with Crippen molar-refractivity contribution < 1.29 is 19.4 Å². The third-order valence-corrected chi connectivity index (χ3v) is 0.991. The largest absolute Gasteiger partial charge is 0.498 e. The Morgan fingerprint density at radius 3 is 3.10 bits per heavy atom. The Balaban J connectivity index is 1.97. The Hall–Kier alpha value is -1.03. The van der Waals surface area contributed by atoms with Crippen molar-refractivity contribution in [3.8, 4) is 0 Å². The molecule has 0 amide bonds. The van der Waals surface area contributed by atoms with Gasteiger partial charge in [-0.3, -0.25) is 0 Å². The maximum atomic E-state index is 9.86. The van der Waals surface area contributed by atoms with E-state index in [1.165, 1.54) is 0 Å². The Morgan fingerprint density at radius 2 is 2.60 bits per heavy atom. The molecule has 4 nitrogen and oxygen atoms in total. The molecule has 1 N–H and O–H groups in total. The number of carbonyl (C=O) groups is 1. The van der Waals surface area contributed by atoms with Crippen LogP contribution in [0.3, 0.4) is 0 Å². The molecule has 1 atom stereocenters. The number of aliphatic carboxylic acids is 1. The smallest absolute Gasteiger partial charge is 0.331 e. The summed E-state index contributed by atoms with van der Waals surface area (Å²) >= 11 is 0. The second kappa shape index (κ2) is 3.22. The Bertz CT molecular complexity index is 148. The minimum absolute atomic E-state index is 0.179. The highest BCUT2D eigenvalue weighted by Gasteiger charge is 2.22. The molecule has 56 valence electrons. The Kier molecular flexibility index (Phi) is 2.28. The molecule has 1 aliphatic heterocycles. The van der Waals surface area contributed by atoms with Gasteiger partial charge >= 0.3 is 5.97 Å². The van der Waals surface area contributed by atoms with Crippen molar-refractivity contribution in [1.29, 1.82) is 0 Å². The monoisotopic (exact) mass is 144 g/mol. The fraction of sp³-hybridized carbons (Fsp3) is 0.500. The zero-order valence-electron chi connectivity index (χ0n) is 5.32. The van der Waals surface area contributed by atoms with Gasteiger partial charge in [0.1, 0.15) is 12.7 Å². The molecule has 1 saturated heterocycles. The first-order valence-electron chi connectivity index (χ1n) is 2.91. The highest BCUT2D eigenvalue weighted by atomic mass is 16.6. The molecule has 0 saturated carbocycles. The molecule has 0 aromatic heterocycles. The zero-order valence-corrected chi connectivity index (χ0v) is 5.32. The number of rotatable bonds is 4. The second-order valence-corrected chi connectivity index (χ2v) is 1.93. The maximum Gasteiger partial charge on any atom is 0.331 e. The van der Waals surface area contributed by atoms with E-state index in [1.54, 1.807) is 0 Å². The molecule has 1 aliphatic rings. The molecule has 0 aliphatic carbocycles.